The van der Waals surface area contributed by atoms with E-state index in [1.807, 2.05) is 36.4 Å². The monoisotopic (exact) mass is 325 g/mol. The molecule has 0 aliphatic carbocycles. The average molecular weight is 325 g/mol. The normalized spacial score (nSPS) is 19.3. The van der Waals surface area contributed by atoms with Crippen LogP contribution in [0.4, 0.5) is 5.69 Å². The van der Waals surface area contributed by atoms with E-state index in [1.54, 1.807) is 13.3 Å². The Balaban J connectivity index is 1.65. The van der Waals surface area contributed by atoms with Gasteiger partial charge in [0.25, 0.3) is 5.91 Å². The van der Waals surface area contributed by atoms with Crippen LogP contribution in [0.1, 0.15) is 18.2 Å². The standard InChI is InChI=1S/C17H15N3O2S/c1-22-10-5-6-12-15(8-10)23-16-14(19-12)9-13(20-17(16)21)11-4-2-3-7-18-11/h2-8,13,19H,9H2,1H3,(H,20,21). The zero-order valence-electron chi connectivity index (χ0n) is 12.5. The molecule has 2 aliphatic rings. The third-order valence-corrected chi connectivity index (χ3v) is 5.12. The highest BCUT2D eigenvalue weighted by atomic mass is 32.2. The van der Waals surface area contributed by atoms with Gasteiger partial charge < -0.3 is 15.4 Å². The topological polar surface area (TPSA) is 63.2 Å². The minimum atomic E-state index is -0.102. The number of anilines is 1. The largest absolute Gasteiger partial charge is 0.497 e. The van der Waals surface area contributed by atoms with Gasteiger partial charge in [-0.25, -0.2) is 0 Å². The Morgan fingerprint density at radius 3 is 3.00 bits per heavy atom. The van der Waals surface area contributed by atoms with Gasteiger partial charge in [-0.1, -0.05) is 17.8 Å². The first-order valence-electron chi connectivity index (χ1n) is 7.32. The van der Waals surface area contributed by atoms with E-state index >= 15 is 0 Å². The van der Waals surface area contributed by atoms with Crippen LogP contribution in [0.25, 0.3) is 0 Å². The first kappa shape index (κ1) is 14.1. The van der Waals surface area contributed by atoms with Gasteiger partial charge in [0.2, 0.25) is 0 Å². The lowest BCUT2D eigenvalue weighted by Crippen LogP contribution is -2.36. The molecule has 0 spiro atoms. The molecule has 1 unspecified atom stereocenters. The van der Waals surface area contributed by atoms with Crippen molar-refractivity contribution in [3.63, 3.8) is 0 Å². The van der Waals surface area contributed by atoms with Gasteiger partial charge in [0.1, 0.15) is 5.75 Å². The molecule has 1 amide bonds. The molecule has 1 aromatic carbocycles. The molecule has 2 N–H and O–H groups in total. The molecular weight excluding hydrogens is 310 g/mol. The number of hydrogen-bond donors (Lipinski definition) is 2. The molecule has 2 aromatic rings. The summed E-state index contributed by atoms with van der Waals surface area (Å²) < 4.78 is 5.25. The zero-order valence-corrected chi connectivity index (χ0v) is 13.3. The number of amides is 1. The molecule has 0 saturated heterocycles. The van der Waals surface area contributed by atoms with Crippen molar-refractivity contribution in [1.29, 1.82) is 0 Å². The number of fused-ring (bicyclic) bond motifs is 1. The van der Waals surface area contributed by atoms with Gasteiger partial charge in [-0.3, -0.25) is 9.78 Å². The first-order valence-corrected chi connectivity index (χ1v) is 8.14. The van der Waals surface area contributed by atoms with Crippen molar-refractivity contribution in [1.82, 2.24) is 10.3 Å². The van der Waals surface area contributed by atoms with Crippen LogP contribution < -0.4 is 15.4 Å². The molecule has 2 aliphatic heterocycles. The second-order valence-corrected chi connectivity index (χ2v) is 6.43. The maximum atomic E-state index is 12.5. The molecule has 1 atom stereocenters. The number of thioether (sulfide) groups is 1. The van der Waals surface area contributed by atoms with Crippen LogP contribution in [0.5, 0.6) is 5.75 Å². The van der Waals surface area contributed by atoms with E-state index in [0.29, 0.717) is 6.42 Å². The third kappa shape index (κ3) is 2.55. The molecular formula is C17H15N3O2S. The lowest BCUT2D eigenvalue weighted by atomic mass is 10.0. The molecule has 23 heavy (non-hydrogen) atoms. The molecule has 4 rings (SSSR count). The van der Waals surface area contributed by atoms with E-state index in [9.17, 15) is 4.79 Å². The summed E-state index contributed by atoms with van der Waals surface area (Å²) in [7, 11) is 1.64. The van der Waals surface area contributed by atoms with E-state index in [-0.39, 0.29) is 11.9 Å². The SMILES string of the molecule is COc1ccc2c(c1)SC1=C(CC(c3ccccn3)NC1=O)N2. The molecule has 3 heterocycles. The molecule has 5 nitrogen and oxygen atoms in total. The molecule has 6 heteroatoms. The highest BCUT2D eigenvalue weighted by molar-refractivity contribution is 8.04. The van der Waals surface area contributed by atoms with Crippen LogP contribution >= 0.6 is 11.8 Å². The van der Waals surface area contributed by atoms with Crippen LogP contribution in [-0.4, -0.2) is 18.0 Å². The predicted molar refractivity (Wildman–Crippen MR) is 89.2 cm³/mol. The van der Waals surface area contributed by atoms with Gasteiger partial charge in [0.15, 0.2) is 0 Å². The number of carbonyl (C=O) groups excluding carboxylic acids is 1. The van der Waals surface area contributed by atoms with Gasteiger partial charge in [-0.05, 0) is 30.3 Å². The number of aromatic nitrogens is 1. The van der Waals surface area contributed by atoms with Crippen molar-refractivity contribution in [3.8, 4) is 5.75 Å². The number of ether oxygens (including phenoxy) is 1. The maximum absolute atomic E-state index is 12.5. The lowest BCUT2D eigenvalue weighted by molar-refractivity contribution is -0.118. The molecule has 0 saturated carbocycles. The highest BCUT2D eigenvalue weighted by Gasteiger charge is 2.32. The second-order valence-electron chi connectivity index (χ2n) is 5.38. The van der Waals surface area contributed by atoms with E-state index < -0.39 is 0 Å². The summed E-state index contributed by atoms with van der Waals surface area (Å²) in [6.07, 6.45) is 2.45. The Morgan fingerprint density at radius 1 is 1.30 bits per heavy atom. The summed E-state index contributed by atoms with van der Waals surface area (Å²) in [6.45, 7) is 0. The Bertz CT molecular complexity index is 805. The summed E-state index contributed by atoms with van der Waals surface area (Å²) in [5.41, 5.74) is 2.83. The Kier molecular flexibility index (Phi) is 3.46. The number of pyridine rings is 1. The minimum Gasteiger partial charge on any atom is -0.497 e. The first-order chi connectivity index (χ1) is 11.2. The van der Waals surface area contributed by atoms with E-state index in [0.717, 1.165) is 32.6 Å². The van der Waals surface area contributed by atoms with Crippen molar-refractivity contribution in [2.45, 2.75) is 17.4 Å². The van der Waals surface area contributed by atoms with Crippen molar-refractivity contribution < 1.29 is 9.53 Å². The molecule has 0 radical (unpaired) electrons. The van der Waals surface area contributed by atoms with E-state index in [2.05, 4.69) is 15.6 Å². The molecule has 0 fully saturated rings. The van der Waals surface area contributed by atoms with Crippen LogP contribution in [0.3, 0.4) is 0 Å². The van der Waals surface area contributed by atoms with Crippen LogP contribution in [0, 0.1) is 0 Å². The number of hydrogen-bond acceptors (Lipinski definition) is 5. The fourth-order valence-electron chi connectivity index (χ4n) is 2.77. The van der Waals surface area contributed by atoms with Gasteiger partial charge in [-0.2, -0.15) is 0 Å². The van der Waals surface area contributed by atoms with Crippen LogP contribution in [0.2, 0.25) is 0 Å². The fraction of sp³-hybridized carbons (Fsp3) is 0.176. The smallest absolute Gasteiger partial charge is 0.260 e. The number of nitrogens with one attached hydrogen (secondary N) is 2. The summed E-state index contributed by atoms with van der Waals surface area (Å²) >= 11 is 1.48. The minimum absolute atomic E-state index is 0.0622. The quantitative estimate of drug-likeness (QED) is 0.888. The Labute approximate surface area is 138 Å². The van der Waals surface area contributed by atoms with Gasteiger partial charge in [-0.15, -0.1) is 0 Å². The van der Waals surface area contributed by atoms with Gasteiger partial charge in [0, 0.05) is 23.2 Å². The van der Waals surface area contributed by atoms with Crippen molar-refractivity contribution in [3.05, 3.63) is 58.9 Å². The number of methoxy groups -OCH3 is 1. The average Bonchev–Trinajstić information content (AvgIpc) is 2.60. The summed E-state index contributed by atoms with van der Waals surface area (Å²) in [6, 6.07) is 11.5. The zero-order chi connectivity index (χ0) is 15.8. The molecule has 1 aromatic heterocycles. The Hall–Kier alpha value is -2.47. The van der Waals surface area contributed by atoms with Gasteiger partial charge in [0.05, 0.1) is 29.4 Å². The number of benzene rings is 1. The van der Waals surface area contributed by atoms with E-state index in [1.165, 1.54) is 11.8 Å². The van der Waals surface area contributed by atoms with Crippen molar-refractivity contribution in [2.75, 3.05) is 12.4 Å². The van der Waals surface area contributed by atoms with Crippen LogP contribution in [-0.2, 0) is 4.79 Å². The summed E-state index contributed by atoms with van der Waals surface area (Å²) in [5.74, 6) is 0.720. The van der Waals surface area contributed by atoms with Crippen molar-refractivity contribution >= 4 is 23.4 Å². The maximum Gasteiger partial charge on any atom is 0.260 e. The lowest BCUT2D eigenvalue weighted by Gasteiger charge is -2.31. The van der Waals surface area contributed by atoms with Crippen LogP contribution in [0.15, 0.2) is 58.1 Å². The molecule has 0 bridgehead atoms. The predicted octanol–water partition coefficient (Wildman–Crippen LogP) is 3.08. The van der Waals surface area contributed by atoms with E-state index in [4.69, 9.17) is 4.74 Å². The highest BCUT2D eigenvalue weighted by Crippen LogP contribution is 2.45. The van der Waals surface area contributed by atoms with Gasteiger partial charge >= 0.3 is 0 Å². The third-order valence-electron chi connectivity index (χ3n) is 3.93. The summed E-state index contributed by atoms with van der Waals surface area (Å²) in [5, 5.41) is 6.43. The molecule has 116 valence electrons. The number of carbonyl (C=O) groups is 1. The number of rotatable bonds is 2. The number of nitrogens with zero attached hydrogens (tertiary/aromatic N) is 1. The fourth-order valence-corrected chi connectivity index (χ4v) is 3.81. The second kappa shape index (κ2) is 5.62. The summed E-state index contributed by atoms with van der Waals surface area (Å²) in [4.78, 5) is 18.6. The van der Waals surface area contributed by atoms with Crippen molar-refractivity contribution in [2.24, 2.45) is 0 Å². The Morgan fingerprint density at radius 2 is 2.22 bits per heavy atom.